The first-order valence-corrected chi connectivity index (χ1v) is 10.1. The minimum absolute atomic E-state index is 0.0854. The first-order chi connectivity index (χ1) is 14.1. The van der Waals surface area contributed by atoms with Crippen molar-refractivity contribution in [1.82, 2.24) is 4.98 Å². The fourth-order valence-electron chi connectivity index (χ4n) is 2.30. The highest BCUT2D eigenvalue weighted by atomic mass is 35.5. The average molecular weight is 428 g/mol. The topological polar surface area (TPSA) is 80.3 Å². The smallest absolute Gasteiger partial charge is 0.262 e. The molecule has 6 nitrogen and oxygen atoms in total. The first-order valence-electron chi connectivity index (χ1n) is 8.70. The number of thioether (sulfide) groups is 1. The van der Waals surface area contributed by atoms with Gasteiger partial charge < -0.3 is 15.4 Å². The van der Waals surface area contributed by atoms with Crippen molar-refractivity contribution >= 4 is 46.7 Å². The number of carbonyl (C=O) groups excluding carboxylic acids is 2. The van der Waals surface area contributed by atoms with Crippen molar-refractivity contribution in [2.24, 2.45) is 0 Å². The Bertz CT molecular complexity index is 968. The van der Waals surface area contributed by atoms with Gasteiger partial charge in [0.05, 0.1) is 10.8 Å². The first kappa shape index (κ1) is 20.7. The van der Waals surface area contributed by atoms with Crippen LogP contribution in [0.4, 0.5) is 11.5 Å². The van der Waals surface area contributed by atoms with Crippen LogP contribution in [0.5, 0.6) is 5.75 Å². The molecular weight excluding hydrogens is 410 g/mol. The van der Waals surface area contributed by atoms with Crippen LogP contribution in [0.3, 0.4) is 0 Å². The molecular formula is C21H18ClN3O3S. The standard InChI is InChI=1S/C21H18ClN3O3S/c22-15-9-10-19(23-12-15)25-21(27)14-29-18-8-4-5-16(11-18)24-20(26)13-28-17-6-2-1-3-7-17/h1-12H,13-14H2,(H,24,26)(H,23,25,27). The number of aromatic nitrogens is 1. The molecule has 3 aromatic rings. The lowest BCUT2D eigenvalue weighted by molar-refractivity contribution is -0.118. The molecule has 3 rings (SSSR count). The Morgan fingerprint density at radius 3 is 2.55 bits per heavy atom. The summed E-state index contributed by atoms with van der Waals surface area (Å²) in [4.78, 5) is 29.0. The van der Waals surface area contributed by atoms with Crippen molar-refractivity contribution in [2.45, 2.75) is 4.90 Å². The van der Waals surface area contributed by atoms with Gasteiger partial charge in [-0.05, 0) is 42.5 Å². The van der Waals surface area contributed by atoms with E-state index < -0.39 is 0 Å². The van der Waals surface area contributed by atoms with Crippen molar-refractivity contribution < 1.29 is 14.3 Å². The number of benzene rings is 2. The molecule has 0 saturated heterocycles. The van der Waals surface area contributed by atoms with E-state index >= 15 is 0 Å². The van der Waals surface area contributed by atoms with E-state index in [-0.39, 0.29) is 24.2 Å². The number of anilines is 2. The second kappa shape index (κ2) is 10.5. The van der Waals surface area contributed by atoms with Gasteiger partial charge in [0.2, 0.25) is 5.91 Å². The minimum Gasteiger partial charge on any atom is -0.484 e. The summed E-state index contributed by atoms with van der Waals surface area (Å²) in [6.07, 6.45) is 1.47. The van der Waals surface area contributed by atoms with Crippen LogP contribution >= 0.6 is 23.4 Å². The van der Waals surface area contributed by atoms with Crippen molar-refractivity contribution in [3.63, 3.8) is 0 Å². The van der Waals surface area contributed by atoms with Crippen LogP contribution in [0.15, 0.2) is 77.8 Å². The Morgan fingerprint density at radius 2 is 1.79 bits per heavy atom. The van der Waals surface area contributed by atoms with Crippen LogP contribution in [0.25, 0.3) is 0 Å². The number of nitrogens with one attached hydrogen (secondary N) is 2. The molecule has 0 bridgehead atoms. The van der Waals surface area contributed by atoms with Crippen molar-refractivity contribution in [1.29, 1.82) is 0 Å². The zero-order chi connectivity index (χ0) is 20.5. The molecule has 1 heterocycles. The Kier molecular flexibility index (Phi) is 7.49. The molecule has 0 radical (unpaired) electrons. The molecule has 1 aromatic heterocycles. The fraction of sp³-hybridized carbons (Fsp3) is 0.0952. The molecule has 2 aromatic carbocycles. The largest absolute Gasteiger partial charge is 0.484 e. The molecule has 29 heavy (non-hydrogen) atoms. The second-order valence-corrected chi connectivity index (χ2v) is 7.36. The number of pyridine rings is 1. The van der Waals surface area contributed by atoms with Crippen molar-refractivity contribution in [2.75, 3.05) is 23.0 Å². The molecule has 0 spiro atoms. The summed E-state index contributed by atoms with van der Waals surface area (Å²) < 4.78 is 5.43. The van der Waals surface area contributed by atoms with Gasteiger partial charge in [0.15, 0.2) is 6.61 Å². The van der Waals surface area contributed by atoms with Crippen LogP contribution in [-0.2, 0) is 9.59 Å². The maximum absolute atomic E-state index is 12.1. The summed E-state index contributed by atoms with van der Waals surface area (Å²) in [5.41, 5.74) is 0.636. The maximum atomic E-state index is 12.1. The molecule has 0 aliphatic heterocycles. The van der Waals surface area contributed by atoms with E-state index in [1.54, 1.807) is 36.4 Å². The highest BCUT2D eigenvalue weighted by Gasteiger charge is 2.07. The van der Waals surface area contributed by atoms with Crippen LogP contribution in [-0.4, -0.2) is 29.2 Å². The van der Waals surface area contributed by atoms with Gasteiger partial charge in [-0.1, -0.05) is 35.9 Å². The third-order valence-electron chi connectivity index (χ3n) is 3.60. The molecule has 0 unspecified atom stereocenters. The Hall–Kier alpha value is -3.03. The number of nitrogens with zero attached hydrogens (tertiary/aromatic N) is 1. The van der Waals surface area contributed by atoms with Gasteiger partial charge in [-0.25, -0.2) is 4.98 Å². The van der Waals surface area contributed by atoms with Crippen LogP contribution in [0.2, 0.25) is 5.02 Å². The second-order valence-electron chi connectivity index (χ2n) is 5.88. The number of ether oxygens (including phenoxy) is 1. The van der Waals surface area contributed by atoms with Gasteiger partial charge in [0.1, 0.15) is 11.6 Å². The van der Waals surface area contributed by atoms with Crippen LogP contribution in [0.1, 0.15) is 0 Å². The van der Waals surface area contributed by atoms with Gasteiger partial charge in [0, 0.05) is 16.8 Å². The van der Waals surface area contributed by atoms with Gasteiger partial charge in [-0.3, -0.25) is 9.59 Å². The lowest BCUT2D eigenvalue weighted by atomic mass is 10.3. The quantitative estimate of drug-likeness (QED) is 0.518. The van der Waals surface area contributed by atoms with E-state index in [0.29, 0.717) is 22.3 Å². The highest BCUT2D eigenvalue weighted by Crippen LogP contribution is 2.22. The lowest BCUT2D eigenvalue weighted by Crippen LogP contribution is -2.20. The third kappa shape index (κ3) is 7.14. The zero-order valence-electron chi connectivity index (χ0n) is 15.3. The molecule has 2 amide bonds. The highest BCUT2D eigenvalue weighted by molar-refractivity contribution is 8.00. The number of carbonyl (C=O) groups is 2. The number of halogens is 1. The molecule has 0 atom stereocenters. The number of hydrogen-bond acceptors (Lipinski definition) is 5. The monoisotopic (exact) mass is 427 g/mol. The molecule has 148 valence electrons. The van der Waals surface area contributed by atoms with E-state index in [4.69, 9.17) is 16.3 Å². The number of hydrogen-bond donors (Lipinski definition) is 2. The average Bonchev–Trinajstić information content (AvgIpc) is 2.73. The van der Waals surface area contributed by atoms with Gasteiger partial charge in [-0.15, -0.1) is 11.8 Å². The van der Waals surface area contributed by atoms with Crippen LogP contribution in [0, 0.1) is 0 Å². The van der Waals surface area contributed by atoms with Gasteiger partial charge >= 0.3 is 0 Å². The number of amides is 2. The normalized spacial score (nSPS) is 10.2. The molecule has 0 aliphatic rings. The molecule has 0 fully saturated rings. The summed E-state index contributed by atoms with van der Waals surface area (Å²) >= 11 is 7.13. The van der Waals surface area contributed by atoms with Crippen LogP contribution < -0.4 is 15.4 Å². The maximum Gasteiger partial charge on any atom is 0.262 e. The van der Waals surface area contributed by atoms with Crippen molar-refractivity contribution in [3.05, 3.63) is 77.9 Å². The van der Waals surface area contributed by atoms with Gasteiger partial charge in [0.25, 0.3) is 5.91 Å². The minimum atomic E-state index is -0.262. The SMILES string of the molecule is O=C(COc1ccccc1)Nc1cccc(SCC(=O)Nc2ccc(Cl)cn2)c1. The van der Waals surface area contributed by atoms with E-state index in [2.05, 4.69) is 15.6 Å². The summed E-state index contributed by atoms with van der Waals surface area (Å²) in [5.74, 6) is 0.837. The fourth-order valence-corrected chi connectivity index (χ4v) is 3.17. The molecule has 0 aliphatic carbocycles. The van der Waals surface area contributed by atoms with Crippen molar-refractivity contribution in [3.8, 4) is 5.75 Å². The van der Waals surface area contributed by atoms with Gasteiger partial charge in [-0.2, -0.15) is 0 Å². The zero-order valence-corrected chi connectivity index (χ0v) is 16.9. The Labute approximate surface area is 177 Å². The predicted octanol–water partition coefficient (Wildman–Crippen LogP) is 4.48. The van der Waals surface area contributed by atoms with E-state index in [0.717, 1.165) is 4.90 Å². The summed E-state index contributed by atoms with van der Waals surface area (Å²) in [6, 6.07) is 19.7. The molecule has 0 saturated carbocycles. The van der Waals surface area contributed by atoms with E-state index in [1.807, 2.05) is 30.3 Å². The summed E-state index contributed by atoms with van der Waals surface area (Å²) in [5, 5.41) is 5.99. The molecule has 2 N–H and O–H groups in total. The number of para-hydroxylation sites is 1. The Morgan fingerprint density at radius 1 is 0.966 bits per heavy atom. The third-order valence-corrected chi connectivity index (χ3v) is 4.81. The summed E-state index contributed by atoms with van der Waals surface area (Å²) in [7, 11) is 0. The predicted molar refractivity (Wildman–Crippen MR) is 116 cm³/mol. The summed E-state index contributed by atoms with van der Waals surface area (Å²) in [6.45, 7) is -0.0854. The lowest BCUT2D eigenvalue weighted by Gasteiger charge is -2.09. The Balaban J connectivity index is 1.46. The van der Waals surface area contributed by atoms with E-state index in [9.17, 15) is 9.59 Å². The molecule has 8 heteroatoms. The van der Waals surface area contributed by atoms with E-state index in [1.165, 1.54) is 18.0 Å². The number of rotatable bonds is 8.